The SMILES string of the molecule is CNC(=O)CNC(=O)Cc1c(Cl)cccc1Cl. The molecule has 1 aromatic rings. The van der Waals surface area contributed by atoms with E-state index in [1.807, 2.05) is 0 Å². The zero-order chi connectivity index (χ0) is 12.8. The van der Waals surface area contributed by atoms with Crippen LogP contribution in [0.3, 0.4) is 0 Å². The molecule has 4 nitrogen and oxygen atoms in total. The minimum Gasteiger partial charge on any atom is -0.358 e. The number of hydrogen-bond acceptors (Lipinski definition) is 2. The summed E-state index contributed by atoms with van der Waals surface area (Å²) in [5.41, 5.74) is 0.560. The predicted molar refractivity (Wildman–Crippen MR) is 67.2 cm³/mol. The number of amides is 2. The summed E-state index contributed by atoms with van der Waals surface area (Å²) in [6.07, 6.45) is 0.0511. The number of rotatable bonds is 4. The van der Waals surface area contributed by atoms with Crippen LogP contribution in [0.5, 0.6) is 0 Å². The van der Waals surface area contributed by atoms with Crippen LogP contribution in [-0.2, 0) is 16.0 Å². The van der Waals surface area contributed by atoms with Gasteiger partial charge >= 0.3 is 0 Å². The summed E-state index contributed by atoms with van der Waals surface area (Å²) in [4.78, 5) is 22.5. The molecule has 0 heterocycles. The van der Waals surface area contributed by atoms with Crippen LogP contribution in [0.1, 0.15) is 5.56 Å². The summed E-state index contributed by atoms with van der Waals surface area (Å²) in [5.74, 6) is -0.563. The molecule has 0 radical (unpaired) electrons. The van der Waals surface area contributed by atoms with Crippen LogP contribution in [0.25, 0.3) is 0 Å². The summed E-state index contributed by atoms with van der Waals surface area (Å²) in [6.45, 7) is -0.0581. The first kappa shape index (κ1) is 13.8. The lowest BCUT2D eigenvalue weighted by molar-refractivity contribution is -0.125. The van der Waals surface area contributed by atoms with Crippen molar-refractivity contribution in [2.45, 2.75) is 6.42 Å². The number of nitrogens with one attached hydrogen (secondary N) is 2. The summed E-state index contributed by atoms with van der Waals surface area (Å²) < 4.78 is 0. The van der Waals surface area contributed by atoms with Gasteiger partial charge in [0.25, 0.3) is 0 Å². The fourth-order valence-corrected chi connectivity index (χ4v) is 1.72. The van der Waals surface area contributed by atoms with E-state index in [1.165, 1.54) is 7.05 Å². The maximum Gasteiger partial charge on any atom is 0.239 e. The van der Waals surface area contributed by atoms with E-state index in [1.54, 1.807) is 18.2 Å². The first-order valence-corrected chi connectivity index (χ1v) is 5.70. The zero-order valence-electron chi connectivity index (χ0n) is 9.22. The molecule has 0 saturated carbocycles. The van der Waals surface area contributed by atoms with Crippen molar-refractivity contribution in [1.82, 2.24) is 10.6 Å². The van der Waals surface area contributed by atoms with E-state index in [4.69, 9.17) is 23.2 Å². The summed E-state index contributed by atoms with van der Waals surface area (Å²) in [7, 11) is 1.50. The van der Waals surface area contributed by atoms with Gasteiger partial charge in [0.15, 0.2) is 0 Å². The molecule has 0 spiro atoms. The fourth-order valence-electron chi connectivity index (χ4n) is 1.19. The standard InChI is InChI=1S/C11H12Cl2N2O2/c1-14-11(17)6-15-10(16)5-7-8(12)3-2-4-9(7)13/h2-4H,5-6H2,1H3,(H,14,17)(H,15,16). The third-order valence-corrected chi connectivity index (χ3v) is 2.83. The topological polar surface area (TPSA) is 58.2 Å². The molecule has 0 unspecified atom stereocenters. The second-order valence-electron chi connectivity index (χ2n) is 3.33. The molecule has 92 valence electrons. The van der Waals surface area contributed by atoms with Crippen LogP contribution in [-0.4, -0.2) is 25.4 Å². The van der Waals surface area contributed by atoms with Crippen LogP contribution in [0.2, 0.25) is 10.0 Å². The molecular weight excluding hydrogens is 263 g/mol. The largest absolute Gasteiger partial charge is 0.358 e. The van der Waals surface area contributed by atoms with Gasteiger partial charge in [-0.15, -0.1) is 0 Å². The van der Waals surface area contributed by atoms with Crippen molar-refractivity contribution in [2.75, 3.05) is 13.6 Å². The lowest BCUT2D eigenvalue weighted by atomic mass is 10.1. The van der Waals surface area contributed by atoms with Crippen molar-refractivity contribution in [3.05, 3.63) is 33.8 Å². The van der Waals surface area contributed by atoms with Crippen LogP contribution in [0, 0.1) is 0 Å². The number of likely N-dealkylation sites (N-methyl/N-ethyl adjacent to an activating group) is 1. The molecule has 2 N–H and O–H groups in total. The van der Waals surface area contributed by atoms with Gasteiger partial charge < -0.3 is 10.6 Å². The molecule has 1 rings (SSSR count). The van der Waals surface area contributed by atoms with Crippen LogP contribution in [0.15, 0.2) is 18.2 Å². The van der Waals surface area contributed by atoms with Crippen LogP contribution in [0.4, 0.5) is 0 Å². The highest BCUT2D eigenvalue weighted by atomic mass is 35.5. The van der Waals surface area contributed by atoms with Crippen molar-refractivity contribution in [2.24, 2.45) is 0 Å². The molecule has 2 amide bonds. The quantitative estimate of drug-likeness (QED) is 0.872. The third kappa shape index (κ3) is 4.24. The molecule has 0 aliphatic carbocycles. The number of benzene rings is 1. The van der Waals surface area contributed by atoms with E-state index in [9.17, 15) is 9.59 Å². The summed E-state index contributed by atoms with van der Waals surface area (Å²) in [6, 6.07) is 5.03. The maximum atomic E-state index is 11.5. The number of hydrogen-bond donors (Lipinski definition) is 2. The van der Waals surface area contributed by atoms with Crippen LogP contribution >= 0.6 is 23.2 Å². The Morgan fingerprint density at radius 3 is 2.29 bits per heavy atom. The lowest BCUT2D eigenvalue weighted by Crippen LogP contribution is -2.35. The Hall–Kier alpha value is -1.26. The van der Waals surface area contributed by atoms with Gasteiger partial charge in [-0.2, -0.15) is 0 Å². The number of halogens is 2. The third-order valence-electron chi connectivity index (χ3n) is 2.12. The number of carbonyl (C=O) groups excluding carboxylic acids is 2. The molecule has 0 saturated heterocycles. The Morgan fingerprint density at radius 1 is 1.18 bits per heavy atom. The van der Waals surface area contributed by atoms with E-state index >= 15 is 0 Å². The molecular formula is C11H12Cl2N2O2. The molecule has 0 atom stereocenters. The molecule has 0 bridgehead atoms. The smallest absolute Gasteiger partial charge is 0.239 e. The van der Waals surface area contributed by atoms with E-state index in [2.05, 4.69) is 10.6 Å². The second-order valence-corrected chi connectivity index (χ2v) is 4.14. The van der Waals surface area contributed by atoms with Crippen molar-refractivity contribution in [3.63, 3.8) is 0 Å². The Bertz CT molecular complexity index is 415. The monoisotopic (exact) mass is 274 g/mol. The molecule has 1 aromatic carbocycles. The van der Waals surface area contributed by atoms with E-state index in [0.29, 0.717) is 15.6 Å². The van der Waals surface area contributed by atoms with Crippen molar-refractivity contribution < 1.29 is 9.59 Å². The first-order chi connectivity index (χ1) is 8.04. The maximum absolute atomic E-state index is 11.5. The van der Waals surface area contributed by atoms with E-state index in [-0.39, 0.29) is 24.8 Å². The highest BCUT2D eigenvalue weighted by molar-refractivity contribution is 6.36. The summed E-state index contributed by atoms with van der Waals surface area (Å²) >= 11 is 11.8. The van der Waals surface area contributed by atoms with Crippen molar-refractivity contribution >= 4 is 35.0 Å². The Labute approximate surface area is 109 Å². The van der Waals surface area contributed by atoms with Gasteiger partial charge in [-0.3, -0.25) is 9.59 Å². The molecule has 0 aliphatic rings. The summed E-state index contributed by atoms with van der Waals surface area (Å²) in [5, 5.41) is 5.74. The Morgan fingerprint density at radius 2 is 1.76 bits per heavy atom. The molecule has 17 heavy (non-hydrogen) atoms. The average molecular weight is 275 g/mol. The van der Waals surface area contributed by atoms with Crippen molar-refractivity contribution in [3.8, 4) is 0 Å². The first-order valence-electron chi connectivity index (χ1n) is 4.94. The van der Waals surface area contributed by atoms with Gasteiger partial charge in [0, 0.05) is 17.1 Å². The number of carbonyl (C=O) groups is 2. The van der Waals surface area contributed by atoms with Gasteiger partial charge in [-0.05, 0) is 17.7 Å². The highest BCUT2D eigenvalue weighted by Crippen LogP contribution is 2.24. The molecule has 0 aliphatic heterocycles. The second kappa shape index (κ2) is 6.47. The minimum atomic E-state index is -0.302. The lowest BCUT2D eigenvalue weighted by Gasteiger charge is -2.07. The normalized spacial score (nSPS) is 9.82. The van der Waals surface area contributed by atoms with Crippen LogP contribution < -0.4 is 10.6 Å². The van der Waals surface area contributed by atoms with Gasteiger partial charge in [-0.1, -0.05) is 29.3 Å². The Balaban J connectivity index is 2.59. The fraction of sp³-hybridized carbons (Fsp3) is 0.273. The molecule has 0 fully saturated rings. The van der Waals surface area contributed by atoms with Gasteiger partial charge in [-0.25, -0.2) is 0 Å². The highest BCUT2D eigenvalue weighted by Gasteiger charge is 2.11. The molecule has 6 heteroatoms. The molecule has 0 aromatic heterocycles. The van der Waals surface area contributed by atoms with Gasteiger partial charge in [0.05, 0.1) is 13.0 Å². The van der Waals surface area contributed by atoms with Gasteiger partial charge in [0.1, 0.15) is 0 Å². The average Bonchev–Trinajstić information content (AvgIpc) is 2.31. The van der Waals surface area contributed by atoms with Gasteiger partial charge in [0.2, 0.25) is 11.8 Å². The van der Waals surface area contributed by atoms with E-state index < -0.39 is 0 Å². The van der Waals surface area contributed by atoms with Crippen molar-refractivity contribution in [1.29, 1.82) is 0 Å². The predicted octanol–water partition coefficient (Wildman–Crippen LogP) is 1.40. The van der Waals surface area contributed by atoms with E-state index in [0.717, 1.165) is 0 Å². The zero-order valence-corrected chi connectivity index (χ0v) is 10.7. The minimum absolute atomic E-state index is 0.0511. The Kier molecular flexibility index (Phi) is 5.25.